The first-order chi connectivity index (χ1) is 21.1. The van der Waals surface area contributed by atoms with Crippen LogP contribution in [0, 0.1) is 5.82 Å². The van der Waals surface area contributed by atoms with Gasteiger partial charge in [-0.15, -0.1) is 0 Å². The van der Waals surface area contributed by atoms with Gasteiger partial charge in [0.2, 0.25) is 5.91 Å². The SMILES string of the molecule is CS(=O)(=O)OCCOCCOCCOCCOc1cc2ncnc(Nc3cc(Cl)c(Cl)cc3F)c2cc1NC(=O)/C=C/CBr. The molecule has 3 rings (SSSR count). The zero-order chi connectivity index (χ0) is 32.0. The summed E-state index contributed by atoms with van der Waals surface area (Å²) in [7, 11) is -3.48. The monoisotopic (exact) mass is 738 g/mol. The molecule has 0 spiro atoms. The molecule has 0 bridgehead atoms. The minimum atomic E-state index is -3.48. The van der Waals surface area contributed by atoms with Crippen molar-refractivity contribution < 1.29 is 40.7 Å². The van der Waals surface area contributed by atoms with Crippen molar-refractivity contribution in [1.29, 1.82) is 0 Å². The predicted octanol–water partition coefficient (Wildman–Crippen LogP) is 5.11. The van der Waals surface area contributed by atoms with Crippen molar-refractivity contribution in [2.24, 2.45) is 0 Å². The minimum Gasteiger partial charge on any atom is -0.489 e. The van der Waals surface area contributed by atoms with Crippen molar-refractivity contribution >= 4 is 83.3 Å². The normalized spacial score (nSPS) is 11.8. The number of fused-ring (bicyclic) bond motifs is 1. The molecule has 44 heavy (non-hydrogen) atoms. The summed E-state index contributed by atoms with van der Waals surface area (Å²) in [5.74, 6) is -0.423. The number of nitrogens with zero attached hydrogens (tertiary/aromatic N) is 2. The van der Waals surface area contributed by atoms with Gasteiger partial charge in [0.15, 0.2) is 0 Å². The van der Waals surface area contributed by atoms with E-state index in [4.69, 9.17) is 42.1 Å². The van der Waals surface area contributed by atoms with Gasteiger partial charge < -0.3 is 29.6 Å². The summed E-state index contributed by atoms with van der Waals surface area (Å²) < 4.78 is 62.9. The van der Waals surface area contributed by atoms with E-state index in [1.165, 1.54) is 18.5 Å². The van der Waals surface area contributed by atoms with Gasteiger partial charge in [-0.05, 0) is 18.2 Å². The zero-order valence-corrected chi connectivity index (χ0v) is 27.4. The van der Waals surface area contributed by atoms with Gasteiger partial charge >= 0.3 is 0 Å². The summed E-state index contributed by atoms with van der Waals surface area (Å²) in [6, 6.07) is 5.68. The third-order valence-corrected chi connectivity index (χ3v) is 7.06. The van der Waals surface area contributed by atoms with Gasteiger partial charge in [0.05, 0.1) is 79.4 Å². The molecule has 0 aliphatic carbocycles. The topological polar surface area (TPSA) is 147 Å². The third kappa shape index (κ3) is 12.4. The Morgan fingerprint density at radius 2 is 1.57 bits per heavy atom. The van der Waals surface area contributed by atoms with Crippen molar-refractivity contribution in [2.75, 3.05) is 75.1 Å². The van der Waals surface area contributed by atoms with E-state index in [-0.39, 0.29) is 54.6 Å². The quantitative estimate of drug-likeness (QED) is 0.0556. The Morgan fingerprint density at radius 1 is 0.932 bits per heavy atom. The number of alkyl halides is 1. The van der Waals surface area contributed by atoms with E-state index in [0.29, 0.717) is 47.5 Å². The van der Waals surface area contributed by atoms with Gasteiger partial charge in [-0.3, -0.25) is 8.98 Å². The first-order valence-corrected chi connectivity index (χ1v) is 16.7. The number of amides is 1. The van der Waals surface area contributed by atoms with E-state index in [0.717, 1.165) is 12.3 Å². The molecule has 0 aliphatic heterocycles. The second-order valence-corrected chi connectivity index (χ2v) is 11.8. The van der Waals surface area contributed by atoms with Crippen LogP contribution in [-0.4, -0.2) is 88.7 Å². The molecule has 17 heteroatoms. The highest BCUT2D eigenvalue weighted by Crippen LogP contribution is 2.35. The second-order valence-electron chi connectivity index (χ2n) is 8.72. The van der Waals surface area contributed by atoms with Crippen LogP contribution in [0.4, 0.5) is 21.6 Å². The van der Waals surface area contributed by atoms with Crippen molar-refractivity contribution in [3.8, 4) is 5.75 Å². The summed E-state index contributed by atoms with van der Waals surface area (Å²) in [6.07, 6.45) is 5.28. The molecule has 1 amide bonds. The van der Waals surface area contributed by atoms with Crippen LogP contribution in [0.15, 0.2) is 42.7 Å². The zero-order valence-electron chi connectivity index (χ0n) is 23.5. The van der Waals surface area contributed by atoms with Gasteiger partial charge in [0, 0.05) is 22.9 Å². The second kappa shape index (κ2) is 18.4. The minimum absolute atomic E-state index is 0.0538. The average molecular weight is 740 g/mol. The molecule has 0 unspecified atom stereocenters. The van der Waals surface area contributed by atoms with Crippen LogP contribution in [0.5, 0.6) is 5.75 Å². The summed E-state index contributed by atoms with van der Waals surface area (Å²) in [6.45, 7) is 1.65. The molecule has 3 aromatic rings. The Morgan fingerprint density at radius 3 is 2.23 bits per heavy atom. The highest BCUT2D eigenvalue weighted by Gasteiger charge is 2.15. The summed E-state index contributed by atoms with van der Waals surface area (Å²) in [5, 5.41) is 6.89. The van der Waals surface area contributed by atoms with E-state index in [1.807, 2.05) is 0 Å². The van der Waals surface area contributed by atoms with E-state index in [9.17, 15) is 17.6 Å². The average Bonchev–Trinajstić information content (AvgIpc) is 2.97. The highest BCUT2D eigenvalue weighted by atomic mass is 79.9. The van der Waals surface area contributed by atoms with Gasteiger partial charge in [-0.2, -0.15) is 8.42 Å². The van der Waals surface area contributed by atoms with Crippen LogP contribution < -0.4 is 15.4 Å². The van der Waals surface area contributed by atoms with Crippen molar-refractivity contribution in [3.63, 3.8) is 0 Å². The maximum absolute atomic E-state index is 14.5. The lowest BCUT2D eigenvalue weighted by Crippen LogP contribution is -2.15. The van der Waals surface area contributed by atoms with Crippen LogP contribution in [0.1, 0.15) is 0 Å². The molecule has 0 fully saturated rings. The number of aromatic nitrogens is 2. The van der Waals surface area contributed by atoms with Crippen molar-refractivity contribution in [2.45, 2.75) is 0 Å². The number of anilines is 3. The lowest BCUT2D eigenvalue weighted by atomic mass is 10.1. The molecule has 0 saturated carbocycles. The molecule has 12 nitrogen and oxygen atoms in total. The van der Waals surface area contributed by atoms with E-state index in [1.54, 1.807) is 18.2 Å². The molecular weight excluding hydrogens is 710 g/mol. The molecule has 1 heterocycles. The Bertz CT molecular complexity index is 1550. The van der Waals surface area contributed by atoms with Crippen LogP contribution in [0.3, 0.4) is 0 Å². The Kier molecular flexibility index (Phi) is 15.0. The van der Waals surface area contributed by atoms with Crippen molar-refractivity contribution in [3.05, 3.63) is 58.6 Å². The molecule has 0 radical (unpaired) electrons. The molecular formula is C27H30BrCl2FN4O8S. The lowest BCUT2D eigenvalue weighted by molar-refractivity contribution is -0.111. The number of halogens is 4. The number of nitrogens with one attached hydrogen (secondary N) is 2. The first-order valence-electron chi connectivity index (χ1n) is 13.0. The van der Waals surface area contributed by atoms with Crippen molar-refractivity contribution in [1.82, 2.24) is 9.97 Å². The number of ether oxygens (including phenoxy) is 4. The molecule has 240 valence electrons. The highest BCUT2D eigenvalue weighted by molar-refractivity contribution is 9.09. The van der Waals surface area contributed by atoms with Gasteiger partial charge in [-0.1, -0.05) is 45.2 Å². The van der Waals surface area contributed by atoms with E-state index in [2.05, 4.69) is 40.7 Å². The van der Waals surface area contributed by atoms with E-state index >= 15 is 0 Å². The van der Waals surface area contributed by atoms with Crippen LogP contribution in [0.25, 0.3) is 10.9 Å². The standard InChI is InChI=1S/C27H30BrCl2FN4O8S/c1-44(37,38)43-12-10-41-8-6-39-5-7-40-9-11-42-25-16-22-18(13-24(25)34-26(36)3-2-4-28)27(33-17-32-22)35-23-15-20(30)19(29)14-21(23)31/h2-3,13-17H,4-12H2,1H3,(H,34,36)(H,32,33,35)/b3-2+. The molecule has 0 aliphatic rings. The molecule has 2 aromatic carbocycles. The van der Waals surface area contributed by atoms with Crippen LogP contribution in [-0.2, 0) is 33.3 Å². The largest absolute Gasteiger partial charge is 0.489 e. The first kappa shape index (κ1) is 35.8. The molecule has 1 aromatic heterocycles. The molecule has 2 N–H and O–H groups in total. The van der Waals surface area contributed by atoms with Crippen LogP contribution >= 0.6 is 39.1 Å². The number of hydrogen-bond acceptors (Lipinski definition) is 11. The van der Waals surface area contributed by atoms with Crippen LogP contribution in [0.2, 0.25) is 10.0 Å². The number of allylic oxidation sites excluding steroid dienone is 1. The number of carbonyl (C=O) groups is 1. The molecule has 0 saturated heterocycles. The third-order valence-electron chi connectivity index (χ3n) is 5.37. The fraction of sp³-hybridized carbons (Fsp3) is 0.370. The number of carbonyl (C=O) groups excluding carboxylic acids is 1. The molecule has 0 atom stereocenters. The van der Waals surface area contributed by atoms with Gasteiger partial charge in [0.25, 0.3) is 10.1 Å². The number of benzene rings is 2. The smallest absolute Gasteiger partial charge is 0.264 e. The fourth-order valence-corrected chi connectivity index (χ4v) is 4.34. The fourth-order valence-electron chi connectivity index (χ4n) is 3.47. The number of rotatable bonds is 19. The van der Waals surface area contributed by atoms with Gasteiger partial charge in [-0.25, -0.2) is 14.4 Å². The summed E-state index contributed by atoms with van der Waals surface area (Å²) in [4.78, 5) is 21.0. The Balaban J connectivity index is 1.58. The Hall–Kier alpha value is -2.63. The summed E-state index contributed by atoms with van der Waals surface area (Å²) in [5.41, 5.74) is 0.851. The van der Waals surface area contributed by atoms with Gasteiger partial charge in [0.1, 0.15) is 30.3 Å². The van der Waals surface area contributed by atoms with E-state index < -0.39 is 21.8 Å². The maximum atomic E-state index is 14.5. The summed E-state index contributed by atoms with van der Waals surface area (Å²) >= 11 is 15.2. The number of hydrogen-bond donors (Lipinski definition) is 2. The lowest BCUT2D eigenvalue weighted by Gasteiger charge is -2.15. The predicted molar refractivity (Wildman–Crippen MR) is 170 cm³/mol. The maximum Gasteiger partial charge on any atom is 0.264 e. The Labute approximate surface area is 272 Å².